The van der Waals surface area contributed by atoms with E-state index in [4.69, 9.17) is 0 Å². The predicted molar refractivity (Wildman–Crippen MR) is 67.7 cm³/mol. The Bertz CT molecular complexity index is 303. The van der Waals surface area contributed by atoms with Crippen LogP contribution in [0.4, 0.5) is 0 Å². The van der Waals surface area contributed by atoms with Crippen molar-refractivity contribution in [2.24, 2.45) is 0 Å². The standard InChI is InChI=1S/C15H24O.Na/c1-4-5-6-7-12-15(2,3)13-8-10-14(16)11-9-13;/h8-11,16H,4-7,12H2,1-3H3;/q;+1/p-1. The van der Waals surface area contributed by atoms with Gasteiger partial charge in [0.25, 0.3) is 0 Å². The van der Waals surface area contributed by atoms with E-state index in [1.165, 1.54) is 37.7 Å². The molecule has 0 aliphatic rings. The minimum absolute atomic E-state index is 0. The molecule has 1 rings (SSSR count). The summed E-state index contributed by atoms with van der Waals surface area (Å²) in [6.45, 7) is 6.76. The van der Waals surface area contributed by atoms with Crippen LogP contribution in [0.25, 0.3) is 0 Å². The maximum absolute atomic E-state index is 11.0. The Morgan fingerprint density at radius 1 is 1.00 bits per heavy atom. The summed E-state index contributed by atoms with van der Waals surface area (Å²) < 4.78 is 0. The Balaban J connectivity index is 0.00000256. The van der Waals surface area contributed by atoms with Gasteiger partial charge in [0, 0.05) is 0 Å². The molecule has 0 unspecified atom stereocenters. The molecular weight excluding hydrogens is 219 g/mol. The van der Waals surface area contributed by atoms with Crippen molar-refractivity contribution in [3.8, 4) is 5.75 Å². The maximum Gasteiger partial charge on any atom is 1.00 e. The van der Waals surface area contributed by atoms with Gasteiger partial charge >= 0.3 is 29.6 Å². The van der Waals surface area contributed by atoms with Gasteiger partial charge in [-0.15, -0.1) is 5.75 Å². The molecule has 0 bridgehead atoms. The molecule has 0 saturated carbocycles. The summed E-state index contributed by atoms with van der Waals surface area (Å²) in [6, 6.07) is 7.29. The zero-order chi connectivity index (χ0) is 12.0. The molecule has 0 radical (unpaired) electrons. The van der Waals surface area contributed by atoms with Crippen LogP contribution in [0.3, 0.4) is 0 Å². The molecule has 0 fully saturated rings. The quantitative estimate of drug-likeness (QED) is 0.539. The number of hydrogen-bond acceptors (Lipinski definition) is 1. The third-order valence-electron chi connectivity index (χ3n) is 3.29. The van der Waals surface area contributed by atoms with Gasteiger partial charge in [-0.2, -0.15) is 0 Å². The molecule has 1 nitrogen and oxygen atoms in total. The van der Waals surface area contributed by atoms with E-state index in [9.17, 15) is 5.11 Å². The second kappa shape index (κ2) is 8.18. The van der Waals surface area contributed by atoms with Crippen molar-refractivity contribution in [1.29, 1.82) is 0 Å². The van der Waals surface area contributed by atoms with Gasteiger partial charge in [-0.25, -0.2) is 0 Å². The van der Waals surface area contributed by atoms with Crippen LogP contribution in [0.5, 0.6) is 5.75 Å². The molecule has 0 aromatic heterocycles. The first-order valence-corrected chi connectivity index (χ1v) is 6.34. The van der Waals surface area contributed by atoms with E-state index in [-0.39, 0.29) is 40.7 Å². The molecule has 0 atom stereocenters. The first-order valence-electron chi connectivity index (χ1n) is 6.34. The van der Waals surface area contributed by atoms with Crippen LogP contribution in [-0.2, 0) is 5.41 Å². The first kappa shape index (κ1) is 17.0. The summed E-state index contributed by atoms with van der Waals surface area (Å²) in [6.07, 6.45) is 6.41. The Morgan fingerprint density at radius 2 is 1.59 bits per heavy atom. The van der Waals surface area contributed by atoms with Crippen molar-refractivity contribution in [3.63, 3.8) is 0 Å². The van der Waals surface area contributed by atoms with Crippen molar-refractivity contribution < 1.29 is 34.7 Å². The van der Waals surface area contributed by atoms with E-state index in [1.807, 2.05) is 12.1 Å². The summed E-state index contributed by atoms with van der Waals surface area (Å²) in [7, 11) is 0. The molecule has 0 saturated heterocycles. The number of hydrogen-bond donors (Lipinski definition) is 0. The van der Waals surface area contributed by atoms with Crippen molar-refractivity contribution in [1.82, 2.24) is 0 Å². The third-order valence-corrected chi connectivity index (χ3v) is 3.29. The SMILES string of the molecule is CCCCCCC(C)(C)c1ccc([O-])cc1.[Na+]. The molecule has 1 aromatic rings. The monoisotopic (exact) mass is 242 g/mol. The van der Waals surface area contributed by atoms with E-state index in [2.05, 4.69) is 20.8 Å². The maximum atomic E-state index is 11.0. The first-order chi connectivity index (χ1) is 7.56. The molecular formula is C15H23NaO. The molecule has 0 amide bonds. The topological polar surface area (TPSA) is 23.1 Å². The van der Waals surface area contributed by atoms with Crippen LogP contribution in [0.15, 0.2) is 24.3 Å². The average Bonchev–Trinajstić information content (AvgIpc) is 2.25. The number of rotatable bonds is 6. The zero-order valence-electron chi connectivity index (χ0n) is 11.8. The van der Waals surface area contributed by atoms with Crippen LogP contribution >= 0.6 is 0 Å². The molecule has 90 valence electrons. The average molecular weight is 242 g/mol. The Kier molecular flexibility index (Phi) is 8.19. The van der Waals surface area contributed by atoms with E-state index >= 15 is 0 Å². The summed E-state index contributed by atoms with van der Waals surface area (Å²) in [5.41, 5.74) is 1.48. The van der Waals surface area contributed by atoms with Gasteiger partial charge in [0.15, 0.2) is 0 Å². The van der Waals surface area contributed by atoms with Gasteiger partial charge in [-0.1, -0.05) is 70.7 Å². The Hall–Kier alpha value is 0.0200. The molecule has 2 heteroatoms. The van der Waals surface area contributed by atoms with Crippen LogP contribution in [-0.4, -0.2) is 0 Å². The van der Waals surface area contributed by atoms with E-state index in [1.54, 1.807) is 12.1 Å². The fourth-order valence-electron chi connectivity index (χ4n) is 2.04. The Morgan fingerprint density at radius 3 is 2.12 bits per heavy atom. The molecule has 0 spiro atoms. The number of unbranched alkanes of at least 4 members (excludes halogenated alkanes) is 3. The molecule has 0 N–H and O–H groups in total. The van der Waals surface area contributed by atoms with E-state index in [0.29, 0.717) is 0 Å². The normalized spacial score (nSPS) is 11.0. The Labute approximate surface area is 128 Å². The van der Waals surface area contributed by atoms with Gasteiger partial charge in [-0.3, -0.25) is 0 Å². The molecule has 17 heavy (non-hydrogen) atoms. The summed E-state index contributed by atoms with van der Waals surface area (Å²) in [5.74, 6) is 0.102. The van der Waals surface area contributed by atoms with Gasteiger partial charge < -0.3 is 5.11 Å². The van der Waals surface area contributed by atoms with Crippen molar-refractivity contribution in [3.05, 3.63) is 29.8 Å². The van der Waals surface area contributed by atoms with Gasteiger partial charge in [0.05, 0.1) is 0 Å². The van der Waals surface area contributed by atoms with Crippen LogP contribution in [0.1, 0.15) is 58.4 Å². The predicted octanol–water partition coefficient (Wildman–Crippen LogP) is 1.01. The third kappa shape index (κ3) is 5.94. The molecule has 0 aliphatic carbocycles. The largest absolute Gasteiger partial charge is 1.00 e. The van der Waals surface area contributed by atoms with Crippen LogP contribution < -0.4 is 34.7 Å². The molecule has 1 aromatic carbocycles. The van der Waals surface area contributed by atoms with Crippen LogP contribution in [0, 0.1) is 0 Å². The van der Waals surface area contributed by atoms with Crippen LogP contribution in [0.2, 0.25) is 0 Å². The van der Waals surface area contributed by atoms with Gasteiger partial charge in [0.2, 0.25) is 0 Å². The fourth-order valence-corrected chi connectivity index (χ4v) is 2.04. The molecule has 0 heterocycles. The van der Waals surface area contributed by atoms with Crippen molar-refractivity contribution in [2.45, 2.75) is 58.3 Å². The minimum atomic E-state index is 0. The minimum Gasteiger partial charge on any atom is -0.872 e. The zero-order valence-corrected chi connectivity index (χ0v) is 13.8. The molecule has 0 aliphatic heterocycles. The van der Waals surface area contributed by atoms with Gasteiger partial charge in [0.1, 0.15) is 0 Å². The van der Waals surface area contributed by atoms with E-state index < -0.39 is 0 Å². The summed E-state index contributed by atoms with van der Waals surface area (Å²) in [4.78, 5) is 0. The van der Waals surface area contributed by atoms with Crippen molar-refractivity contribution >= 4 is 0 Å². The fraction of sp³-hybridized carbons (Fsp3) is 0.600. The smallest absolute Gasteiger partial charge is 0.872 e. The summed E-state index contributed by atoms with van der Waals surface area (Å²) >= 11 is 0. The second-order valence-electron chi connectivity index (χ2n) is 5.22. The summed E-state index contributed by atoms with van der Waals surface area (Å²) in [5, 5.41) is 11.0. The van der Waals surface area contributed by atoms with E-state index in [0.717, 1.165) is 0 Å². The van der Waals surface area contributed by atoms with Gasteiger partial charge in [-0.05, 0) is 17.4 Å². The second-order valence-corrected chi connectivity index (χ2v) is 5.22. The van der Waals surface area contributed by atoms with Crippen molar-refractivity contribution in [2.75, 3.05) is 0 Å². The number of benzene rings is 1.